The van der Waals surface area contributed by atoms with Crippen molar-refractivity contribution in [2.24, 2.45) is 5.92 Å². The van der Waals surface area contributed by atoms with Gasteiger partial charge in [-0.25, -0.2) is 0 Å². The summed E-state index contributed by atoms with van der Waals surface area (Å²) in [6.45, 7) is 7.74. The molecule has 0 aromatic heterocycles. The second-order valence-electron chi connectivity index (χ2n) is 20.3. The van der Waals surface area contributed by atoms with Gasteiger partial charge < -0.3 is 9.47 Å². The number of unbranched alkanes of at least 4 members (excludes halogenated alkanes) is 47. The highest BCUT2D eigenvalue weighted by molar-refractivity contribution is 5.94. The van der Waals surface area contributed by atoms with Crippen LogP contribution in [0.4, 0.5) is 0 Å². The van der Waals surface area contributed by atoms with Crippen molar-refractivity contribution in [1.82, 2.24) is 0 Å². The number of carbonyl (C=O) groups is 2. The lowest BCUT2D eigenvalue weighted by Crippen LogP contribution is -2.28. The predicted octanol–water partition coefficient (Wildman–Crippen LogP) is 20.6. The van der Waals surface area contributed by atoms with Crippen LogP contribution >= 0.6 is 0 Å². The van der Waals surface area contributed by atoms with Crippen molar-refractivity contribution in [3.05, 3.63) is 0 Å². The summed E-state index contributed by atoms with van der Waals surface area (Å²) in [4.78, 5) is 26.4. The van der Waals surface area contributed by atoms with Gasteiger partial charge in [-0.3, -0.25) is 9.59 Å². The van der Waals surface area contributed by atoms with E-state index in [1.165, 1.54) is 283 Å². The largest absolute Gasteiger partial charge is 0.465 e. The van der Waals surface area contributed by atoms with Gasteiger partial charge in [-0.2, -0.15) is 0 Å². The van der Waals surface area contributed by atoms with Gasteiger partial charge in [0.1, 0.15) is 0 Å². The molecule has 0 radical (unpaired) electrons. The molecule has 0 rings (SSSR count). The van der Waals surface area contributed by atoms with Crippen molar-refractivity contribution >= 4 is 11.9 Å². The van der Waals surface area contributed by atoms with Gasteiger partial charge >= 0.3 is 11.9 Å². The molecule has 376 valence electrons. The summed E-state index contributed by atoms with van der Waals surface area (Å²) in [5.41, 5.74) is 0. The summed E-state index contributed by atoms with van der Waals surface area (Å²) in [5.74, 6) is -1.45. The third-order valence-electron chi connectivity index (χ3n) is 13.9. The van der Waals surface area contributed by atoms with Crippen LogP contribution in [0.1, 0.15) is 348 Å². The van der Waals surface area contributed by atoms with Gasteiger partial charge in [-0.15, -0.1) is 0 Å². The molecule has 0 saturated carbocycles. The fraction of sp³-hybridized carbons (Fsp3) is 0.966. The Morgan fingerprint density at radius 1 is 0.238 bits per heavy atom. The van der Waals surface area contributed by atoms with Crippen LogP contribution in [0.2, 0.25) is 0 Å². The third-order valence-corrected chi connectivity index (χ3v) is 13.9. The fourth-order valence-corrected chi connectivity index (χ4v) is 9.43. The van der Waals surface area contributed by atoms with E-state index in [9.17, 15) is 9.59 Å². The molecule has 4 nitrogen and oxygen atoms in total. The molecule has 4 heteroatoms. The maximum absolute atomic E-state index is 13.2. The number of esters is 2. The van der Waals surface area contributed by atoms with Crippen LogP contribution in [0.5, 0.6) is 0 Å². The SMILES string of the molecule is CCCCCCCCCCCCCCCCCCCCC(C(=O)OCCCCCCCCCCCCCCCCCC)C(=O)OCCCCCCCCCCCCCCCCCC. The van der Waals surface area contributed by atoms with Crippen LogP contribution in [0.25, 0.3) is 0 Å². The predicted molar refractivity (Wildman–Crippen MR) is 278 cm³/mol. The van der Waals surface area contributed by atoms with E-state index in [1.54, 1.807) is 0 Å². The number of carbonyl (C=O) groups excluding carboxylic acids is 2. The van der Waals surface area contributed by atoms with Crippen LogP contribution in [0, 0.1) is 5.92 Å². The first kappa shape index (κ1) is 61.9. The van der Waals surface area contributed by atoms with Crippen LogP contribution < -0.4 is 0 Å². The quantitative estimate of drug-likeness (QED) is 0.0347. The molecule has 0 fully saturated rings. The normalized spacial score (nSPS) is 11.6. The Balaban J connectivity index is 4.20. The minimum absolute atomic E-state index is 0.347. The van der Waals surface area contributed by atoms with E-state index in [-0.39, 0.29) is 11.9 Å². The Morgan fingerprint density at radius 2 is 0.397 bits per heavy atom. The molecule has 0 atom stereocenters. The van der Waals surface area contributed by atoms with Crippen molar-refractivity contribution in [2.75, 3.05) is 13.2 Å². The topological polar surface area (TPSA) is 52.6 Å². The Kier molecular flexibility index (Phi) is 54.3. The van der Waals surface area contributed by atoms with Crippen LogP contribution in [-0.4, -0.2) is 25.2 Å². The molecule has 0 aromatic rings. The molecule has 0 aliphatic rings. The second kappa shape index (κ2) is 55.3. The minimum atomic E-state index is -0.756. The smallest absolute Gasteiger partial charge is 0.320 e. The highest BCUT2D eigenvalue weighted by Crippen LogP contribution is 2.20. The lowest BCUT2D eigenvalue weighted by Gasteiger charge is -2.15. The Labute approximate surface area is 396 Å². The van der Waals surface area contributed by atoms with E-state index in [0.29, 0.717) is 19.6 Å². The maximum Gasteiger partial charge on any atom is 0.320 e. The van der Waals surface area contributed by atoms with Crippen molar-refractivity contribution in [2.45, 2.75) is 348 Å². The van der Waals surface area contributed by atoms with Crippen molar-refractivity contribution in [1.29, 1.82) is 0 Å². The third kappa shape index (κ3) is 50.2. The zero-order valence-electron chi connectivity index (χ0n) is 43.7. The van der Waals surface area contributed by atoms with Crippen LogP contribution in [0.3, 0.4) is 0 Å². The molecular formula is C59H116O4. The van der Waals surface area contributed by atoms with Crippen LogP contribution in [-0.2, 0) is 19.1 Å². The van der Waals surface area contributed by atoms with Gasteiger partial charge in [-0.05, 0) is 19.3 Å². The van der Waals surface area contributed by atoms with E-state index in [2.05, 4.69) is 20.8 Å². The van der Waals surface area contributed by atoms with Gasteiger partial charge in [0.2, 0.25) is 0 Å². The van der Waals surface area contributed by atoms with E-state index in [4.69, 9.17) is 9.47 Å². The molecule has 0 heterocycles. The van der Waals surface area contributed by atoms with Crippen molar-refractivity contribution in [3.63, 3.8) is 0 Å². The molecule has 0 bridgehead atoms. The van der Waals surface area contributed by atoms with Gasteiger partial charge in [0.15, 0.2) is 5.92 Å². The lowest BCUT2D eigenvalue weighted by molar-refractivity contribution is -0.162. The Morgan fingerprint density at radius 3 is 0.587 bits per heavy atom. The average molecular weight is 890 g/mol. The number of rotatable bonds is 55. The van der Waals surface area contributed by atoms with Gasteiger partial charge in [0.25, 0.3) is 0 Å². The lowest BCUT2D eigenvalue weighted by atomic mass is 9.99. The molecule has 63 heavy (non-hydrogen) atoms. The summed E-state index contributed by atoms with van der Waals surface area (Å²) in [5, 5.41) is 0. The van der Waals surface area contributed by atoms with Crippen LogP contribution in [0.15, 0.2) is 0 Å². The fourth-order valence-electron chi connectivity index (χ4n) is 9.43. The number of ether oxygens (including phenoxy) is 2. The van der Waals surface area contributed by atoms with E-state index >= 15 is 0 Å². The summed E-state index contributed by atoms with van der Waals surface area (Å²) in [6.07, 6.45) is 67.0. The molecule has 0 aliphatic heterocycles. The molecule has 0 spiro atoms. The standard InChI is InChI=1S/C59H116O4/c1-4-7-10-13-16-19-22-25-28-31-32-33-36-39-42-45-48-51-54-57(58(60)62-55-52-49-46-43-40-37-34-29-26-23-20-17-14-11-8-5-2)59(61)63-56-53-50-47-44-41-38-35-30-27-24-21-18-15-12-9-6-3/h57H,4-56H2,1-3H3. The first-order valence-electron chi connectivity index (χ1n) is 29.5. The number of hydrogen-bond acceptors (Lipinski definition) is 4. The average Bonchev–Trinajstić information content (AvgIpc) is 3.29. The minimum Gasteiger partial charge on any atom is -0.465 e. The maximum atomic E-state index is 13.2. The highest BCUT2D eigenvalue weighted by atomic mass is 16.6. The zero-order chi connectivity index (χ0) is 45.6. The molecule has 0 aliphatic carbocycles. The highest BCUT2D eigenvalue weighted by Gasteiger charge is 2.29. The molecule has 0 saturated heterocycles. The van der Waals surface area contributed by atoms with Gasteiger partial charge in [0.05, 0.1) is 13.2 Å². The zero-order valence-corrected chi connectivity index (χ0v) is 43.7. The number of hydrogen-bond donors (Lipinski definition) is 0. The summed E-state index contributed by atoms with van der Waals surface area (Å²) in [7, 11) is 0. The molecule has 0 unspecified atom stereocenters. The van der Waals surface area contributed by atoms with E-state index in [1.807, 2.05) is 0 Å². The monoisotopic (exact) mass is 889 g/mol. The van der Waals surface area contributed by atoms with Crippen molar-refractivity contribution in [3.8, 4) is 0 Å². The Bertz CT molecular complexity index is 822. The summed E-state index contributed by atoms with van der Waals surface area (Å²) < 4.78 is 11.5. The first-order chi connectivity index (χ1) is 31.2. The molecule has 0 N–H and O–H groups in total. The van der Waals surface area contributed by atoms with E-state index < -0.39 is 5.92 Å². The Hall–Kier alpha value is -1.06. The molecule has 0 aromatic carbocycles. The van der Waals surface area contributed by atoms with Crippen molar-refractivity contribution < 1.29 is 19.1 Å². The first-order valence-corrected chi connectivity index (χ1v) is 29.5. The van der Waals surface area contributed by atoms with Gasteiger partial charge in [0, 0.05) is 0 Å². The second-order valence-corrected chi connectivity index (χ2v) is 20.3. The van der Waals surface area contributed by atoms with E-state index in [0.717, 1.165) is 38.5 Å². The molecular weight excluding hydrogens is 773 g/mol. The van der Waals surface area contributed by atoms with Gasteiger partial charge in [-0.1, -0.05) is 329 Å². The summed E-state index contributed by atoms with van der Waals surface area (Å²) in [6, 6.07) is 0. The summed E-state index contributed by atoms with van der Waals surface area (Å²) >= 11 is 0. The molecule has 0 amide bonds.